The first kappa shape index (κ1) is 49.3. The number of hydrogen-bond donors (Lipinski definition) is 5. The lowest BCUT2D eigenvalue weighted by Gasteiger charge is -2.16. The second-order valence-electron chi connectivity index (χ2n) is 14.4. The van der Waals surface area contributed by atoms with Gasteiger partial charge in [-0.05, 0) is 87.4 Å². The summed E-state index contributed by atoms with van der Waals surface area (Å²) >= 11 is 12.5. The third kappa shape index (κ3) is 12.5. The van der Waals surface area contributed by atoms with Crippen molar-refractivity contribution in [1.82, 2.24) is 19.9 Å². The first-order chi connectivity index (χ1) is 30.9. The molecule has 340 valence electrons. The van der Waals surface area contributed by atoms with Crippen LogP contribution in [-0.4, -0.2) is 72.6 Å². The third-order valence-corrected chi connectivity index (χ3v) is 14.3. The number of halogens is 2. The quantitative estimate of drug-likeness (QED) is 0.0571. The molecule has 0 radical (unpaired) electrons. The summed E-state index contributed by atoms with van der Waals surface area (Å²) in [6, 6.07) is 25.4. The van der Waals surface area contributed by atoms with Crippen molar-refractivity contribution in [3.05, 3.63) is 118 Å². The minimum absolute atomic E-state index is 0.132. The van der Waals surface area contributed by atoms with Gasteiger partial charge in [-0.1, -0.05) is 59.6 Å². The molecule has 5 N–H and O–H groups in total. The van der Waals surface area contributed by atoms with Crippen molar-refractivity contribution in [2.24, 2.45) is 0 Å². The molecule has 2 heterocycles. The van der Waals surface area contributed by atoms with E-state index in [1.165, 1.54) is 38.7 Å². The molecule has 0 aliphatic rings. The van der Waals surface area contributed by atoms with E-state index < -0.39 is 36.1 Å². The number of methoxy groups -OCH3 is 2. The zero-order chi connectivity index (χ0) is 47.5. The van der Waals surface area contributed by atoms with E-state index in [4.69, 9.17) is 43.0 Å². The molecular weight excluding hydrogens is 918 g/mol. The smallest absolute Gasteiger partial charge is 0.307 e. The lowest BCUT2D eigenvalue weighted by molar-refractivity contribution is -0.136. The summed E-state index contributed by atoms with van der Waals surface area (Å²) in [6.07, 6.45) is 2.86. The number of carboxylic acids is 1. The molecular formula is C44H45Cl2N9O8S2. The molecule has 0 fully saturated rings. The van der Waals surface area contributed by atoms with Crippen LogP contribution in [0.5, 0.6) is 11.5 Å². The summed E-state index contributed by atoms with van der Waals surface area (Å²) in [5, 5.41) is 29.3. The fraction of sp³-hybridized carbons (Fsp3) is 0.227. The zero-order valence-electron chi connectivity index (χ0n) is 35.9. The number of benzene rings is 4. The molecule has 0 aliphatic heterocycles. The molecule has 0 saturated heterocycles. The lowest BCUT2D eigenvalue weighted by atomic mass is 10.1. The number of aromatic nitrogens is 4. The number of nitriles is 1. The number of ether oxygens (including phenoxy) is 2. The average molecular weight is 963 g/mol. The molecule has 6 aromatic rings. The van der Waals surface area contributed by atoms with Gasteiger partial charge in [-0.15, -0.1) is 0 Å². The Labute approximate surface area is 387 Å². The maximum Gasteiger partial charge on any atom is 0.307 e. The monoisotopic (exact) mass is 961 g/mol. The van der Waals surface area contributed by atoms with Crippen LogP contribution in [0.2, 0.25) is 10.0 Å². The van der Waals surface area contributed by atoms with Crippen molar-refractivity contribution in [3.63, 3.8) is 0 Å². The van der Waals surface area contributed by atoms with Gasteiger partial charge in [-0.2, -0.15) is 15.2 Å². The van der Waals surface area contributed by atoms with Crippen LogP contribution in [0.3, 0.4) is 0 Å². The molecule has 0 bridgehead atoms. The van der Waals surface area contributed by atoms with Crippen molar-refractivity contribution in [2.45, 2.75) is 60.8 Å². The van der Waals surface area contributed by atoms with Gasteiger partial charge in [0.25, 0.3) is 0 Å². The van der Waals surface area contributed by atoms with E-state index >= 15 is 0 Å². The van der Waals surface area contributed by atoms with Crippen molar-refractivity contribution < 1.29 is 36.2 Å². The first-order valence-corrected chi connectivity index (χ1v) is 23.4. The molecule has 0 unspecified atom stereocenters. The Kier molecular flexibility index (Phi) is 16.5. The number of sulfone groups is 2. The van der Waals surface area contributed by atoms with E-state index in [9.17, 15) is 21.6 Å². The number of para-hydroxylation sites is 2. The Balaban J connectivity index is 0.000000244. The number of nitrogens with one attached hydrogen (secondary N) is 4. The first-order valence-electron chi connectivity index (χ1n) is 19.6. The predicted octanol–water partition coefficient (Wildman–Crippen LogP) is 9.31. The van der Waals surface area contributed by atoms with Crippen LogP contribution >= 0.6 is 23.2 Å². The average Bonchev–Trinajstić information content (AvgIpc) is 3.26. The number of nitrogens with zero attached hydrogens (tertiary/aromatic N) is 5. The van der Waals surface area contributed by atoms with Gasteiger partial charge >= 0.3 is 5.97 Å². The van der Waals surface area contributed by atoms with Crippen LogP contribution in [0.1, 0.15) is 38.8 Å². The highest BCUT2D eigenvalue weighted by molar-refractivity contribution is 7.92. The second-order valence-corrected chi connectivity index (χ2v) is 20.2. The van der Waals surface area contributed by atoms with Crippen molar-refractivity contribution >= 4 is 95.1 Å². The number of carboxylic acid groups (broad SMARTS) is 1. The number of anilines is 8. The highest BCUT2D eigenvalue weighted by atomic mass is 35.5. The summed E-state index contributed by atoms with van der Waals surface area (Å²) in [5.74, 6) is 0.850. The van der Waals surface area contributed by atoms with Crippen molar-refractivity contribution in [3.8, 4) is 17.6 Å². The molecule has 2 aromatic heterocycles. The topological polar surface area (TPSA) is 248 Å². The van der Waals surface area contributed by atoms with Crippen molar-refractivity contribution in [1.29, 1.82) is 5.26 Å². The molecule has 17 nitrogen and oxygen atoms in total. The van der Waals surface area contributed by atoms with Gasteiger partial charge in [-0.3, -0.25) is 4.79 Å². The fourth-order valence-electron chi connectivity index (χ4n) is 5.86. The van der Waals surface area contributed by atoms with Gasteiger partial charge in [0.05, 0.1) is 88.6 Å². The summed E-state index contributed by atoms with van der Waals surface area (Å²) in [6.45, 7) is 6.47. The minimum Gasteiger partial charge on any atom is -0.495 e. The van der Waals surface area contributed by atoms with Gasteiger partial charge in [0, 0.05) is 0 Å². The fourth-order valence-corrected chi connectivity index (χ4v) is 8.54. The SMILES string of the molecule is COc1ccc(CC#N)cc1Nc1ncc(Cl)c(Nc2ccccc2S(=O)(=O)C(C)C)n1.COc1ccc(CC(=O)O)cc1Nc1ncc(Cl)c(Nc2ccccc2S(=O)(=O)C(C)C)n1. The Morgan fingerprint density at radius 3 is 1.48 bits per heavy atom. The van der Waals surface area contributed by atoms with Crippen LogP contribution in [0.4, 0.5) is 46.3 Å². The summed E-state index contributed by atoms with van der Waals surface area (Å²) in [7, 11) is -4.06. The molecule has 4 aromatic carbocycles. The van der Waals surface area contributed by atoms with Crippen molar-refractivity contribution in [2.75, 3.05) is 35.5 Å². The van der Waals surface area contributed by atoms with E-state index in [-0.39, 0.29) is 56.2 Å². The number of rotatable bonds is 17. The molecule has 0 saturated carbocycles. The van der Waals surface area contributed by atoms with Gasteiger partial charge in [-0.25, -0.2) is 26.8 Å². The molecule has 0 aliphatic carbocycles. The van der Waals surface area contributed by atoms with Gasteiger partial charge < -0.3 is 35.8 Å². The maximum absolute atomic E-state index is 12.7. The van der Waals surface area contributed by atoms with Crippen LogP contribution in [0.15, 0.2) is 107 Å². The summed E-state index contributed by atoms with van der Waals surface area (Å²) < 4.78 is 61.7. The van der Waals surface area contributed by atoms with E-state index in [1.54, 1.807) is 100 Å². The highest BCUT2D eigenvalue weighted by Crippen LogP contribution is 2.34. The van der Waals surface area contributed by atoms with Gasteiger partial charge in [0.1, 0.15) is 21.5 Å². The molecule has 0 atom stereocenters. The number of hydrogen-bond acceptors (Lipinski definition) is 16. The van der Waals surface area contributed by atoms with Crippen LogP contribution in [0, 0.1) is 11.3 Å². The summed E-state index contributed by atoms with van der Waals surface area (Å²) in [4.78, 5) is 28.5. The standard InChI is InChI=1S/C22H22ClN5O3S.C22H23ClN4O5S/c1-14(2)32(29,30)20-7-5-4-6-17(20)26-21-16(23)13-25-22(28-21)27-18-12-15(10-11-24)8-9-19(18)31-3;1-13(2)33(30,31)19-7-5-4-6-16(19)25-21-15(23)12-24-22(27-21)26-17-10-14(11-20(28)29)8-9-18(17)32-3/h4-9,12-14H,10H2,1-3H3,(H2,25,26,27,28);4-10,12-13H,11H2,1-3H3,(H,28,29)(H2,24,25,26,27). The van der Waals surface area contributed by atoms with E-state index in [0.717, 1.165) is 5.56 Å². The van der Waals surface area contributed by atoms with Gasteiger partial charge in [0.2, 0.25) is 11.9 Å². The molecule has 21 heteroatoms. The Morgan fingerprint density at radius 1 is 0.662 bits per heavy atom. The highest BCUT2D eigenvalue weighted by Gasteiger charge is 2.25. The number of carbonyl (C=O) groups is 1. The zero-order valence-corrected chi connectivity index (χ0v) is 39.1. The molecule has 0 spiro atoms. The molecule has 6 rings (SSSR count). The van der Waals surface area contributed by atoms with E-state index in [2.05, 4.69) is 47.3 Å². The van der Waals surface area contributed by atoms with Crippen LogP contribution < -0.4 is 30.7 Å². The minimum atomic E-state index is -3.55. The van der Waals surface area contributed by atoms with Crippen LogP contribution in [0.25, 0.3) is 0 Å². The predicted molar refractivity (Wildman–Crippen MR) is 251 cm³/mol. The van der Waals surface area contributed by atoms with Crippen LogP contribution in [-0.2, 0) is 37.3 Å². The van der Waals surface area contributed by atoms with Gasteiger partial charge in [0.15, 0.2) is 31.3 Å². The largest absolute Gasteiger partial charge is 0.495 e. The number of aliphatic carboxylic acids is 1. The maximum atomic E-state index is 12.7. The normalized spacial score (nSPS) is 11.2. The summed E-state index contributed by atoms with van der Waals surface area (Å²) in [5.41, 5.74) is 3.10. The Hall–Kier alpha value is -6.72. The molecule has 0 amide bonds. The lowest BCUT2D eigenvalue weighted by Crippen LogP contribution is -2.15. The third-order valence-electron chi connectivity index (χ3n) is 9.28. The van der Waals surface area contributed by atoms with E-state index in [0.29, 0.717) is 39.8 Å². The Bertz CT molecular complexity index is 2950. The Morgan fingerprint density at radius 2 is 1.08 bits per heavy atom. The van der Waals surface area contributed by atoms with E-state index in [1.807, 2.05) is 0 Å². The second kappa shape index (κ2) is 21.8. The molecule has 65 heavy (non-hydrogen) atoms.